The zero-order valence-electron chi connectivity index (χ0n) is 9.43. The van der Waals surface area contributed by atoms with Crippen LogP contribution in [0.25, 0.3) is 0 Å². The summed E-state index contributed by atoms with van der Waals surface area (Å²) in [7, 11) is 0. The van der Waals surface area contributed by atoms with Crippen LogP contribution < -0.4 is 0 Å². The van der Waals surface area contributed by atoms with Gasteiger partial charge >= 0.3 is 0 Å². The van der Waals surface area contributed by atoms with Crippen LogP contribution in [0, 0.1) is 0 Å². The van der Waals surface area contributed by atoms with Crippen molar-refractivity contribution in [3.63, 3.8) is 0 Å². The second-order valence-corrected chi connectivity index (χ2v) is 4.99. The number of hydrogen-bond donors (Lipinski definition) is 0. The summed E-state index contributed by atoms with van der Waals surface area (Å²) in [5.41, 5.74) is 0. The van der Waals surface area contributed by atoms with Gasteiger partial charge in [-0.3, -0.25) is 4.79 Å². The molecule has 0 aromatic carbocycles. The third-order valence-electron chi connectivity index (χ3n) is 3.40. The van der Waals surface area contributed by atoms with Gasteiger partial charge in [0.1, 0.15) is 5.88 Å². The summed E-state index contributed by atoms with van der Waals surface area (Å²) in [5.74, 6) is 2.23. The molecule has 2 aliphatic rings. The van der Waals surface area contributed by atoms with Crippen LogP contribution in [0.3, 0.4) is 0 Å². The molecule has 1 unspecified atom stereocenters. The van der Waals surface area contributed by atoms with E-state index in [4.69, 9.17) is 16.1 Å². The van der Waals surface area contributed by atoms with Gasteiger partial charge in [-0.25, -0.2) is 0 Å². The highest BCUT2D eigenvalue weighted by molar-refractivity contribution is 6.27. The van der Waals surface area contributed by atoms with E-state index in [2.05, 4.69) is 10.1 Å². The fourth-order valence-electron chi connectivity index (χ4n) is 2.19. The van der Waals surface area contributed by atoms with Crippen molar-refractivity contribution in [2.75, 3.05) is 19.0 Å². The monoisotopic (exact) mass is 255 g/mol. The van der Waals surface area contributed by atoms with Gasteiger partial charge in [0.15, 0.2) is 5.82 Å². The third kappa shape index (κ3) is 2.16. The summed E-state index contributed by atoms with van der Waals surface area (Å²) in [4.78, 5) is 17.6. The zero-order valence-corrected chi connectivity index (χ0v) is 10.2. The van der Waals surface area contributed by atoms with Crippen LogP contribution in [-0.4, -0.2) is 39.9 Å². The van der Waals surface area contributed by atoms with Gasteiger partial charge in [-0.2, -0.15) is 4.98 Å². The fraction of sp³-hybridized carbons (Fsp3) is 0.727. The van der Waals surface area contributed by atoms with Gasteiger partial charge in [-0.1, -0.05) is 5.16 Å². The first-order chi connectivity index (χ1) is 8.28. The molecule has 1 aliphatic carbocycles. The minimum Gasteiger partial charge on any atom is -0.341 e. The number of carbonyl (C=O) groups is 1. The van der Waals surface area contributed by atoms with Crippen LogP contribution in [0.2, 0.25) is 0 Å². The molecular formula is C11H14ClN3O2. The minimum absolute atomic E-state index is 0.0175. The summed E-state index contributed by atoms with van der Waals surface area (Å²) in [6.45, 7) is 1.38. The third-order valence-corrected chi connectivity index (χ3v) is 3.63. The van der Waals surface area contributed by atoms with Gasteiger partial charge in [0, 0.05) is 19.0 Å². The molecule has 3 rings (SSSR count). The lowest BCUT2D eigenvalue weighted by Gasteiger charge is -2.13. The van der Waals surface area contributed by atoms with Gasteiger partial charge in [-0.05, 0) is 19.3 Å². The lowest BCUT2D eigenvalue weighted by Crippen LogP contribution is -2.29. The first kappa shape index (κ1) is 11.0. The molecule has 1 aromatic rings. The first-order valence-corrected chi connectivity index (χ1v) is 6.48. The molecule has 6 heteroatoms. The van der Waals surface area contributed by atoms with E-state index in [-0.39, 0.29) is 17.7 Å². The number of halogens is 1. The van der Waals surface area contributed by atoms with Crippen LogP contribution in [0.1, 0.15) is 42.8 Å². The Labute approximate surface area is 104 Å². The standard InChI is InChI=1S/C11H14ClN3O2/c12-5-9(16)15-4-3-8(6-15)11-13-10(14-17-11)7-1-2-7/h7-8H,1-6H2. The average Bonchev–Trinajstić information content (AvgIpc) is 2.91. The highest BCUT2D eigenvalue weighted by Gasteiger charge is 2.33. The second-order valence-electron chi connectivity index (χ2n) is 4.72. The van der Waals surface area contributed by atoms with E-state index in [1.807, 2.05) is 0 Å². The summed E-state index contributed by atoms with van der Waals surface area (Å²) < 4.78 is 5.28. The van der Waals surface area contributed by atoms with Crippen LogP contribution >= 0.6 is 11.6 Å². The average molecular weight is 256 g/mol. The maximum Gasteiger partial charge on any atom is 0.237 e. The minimum atomic E-state index is -0.0175. The maximum atomic E-state index is 11.4. The van der Waals surface area contributed by atoms with E-state index in [0.717, 1.165) is 18.8 Å². The number of aromatic nitrogens is 2. The largest absolute Gasteiger partial charge is 0.341 e. The fourth-order valence-corrected chi connectivity index (χ4v) is 2.36. The number of alkyl halides is 1. The van der Waals surface area contributed by atoms with E-state index >= 15 is 0 Å². The maximum absolute atomic E-state index is 11.4. The van der Waals surface area contributed by atoms with E-state index in [1.165, 1.54) is 12.8 Å². The van der Waals surface area contributed by atoms with Crippen LogP contribution in [0.4, 0.5) is 0 Å². The molecule has 1 atom stereocenters. The van der Waals surface area contributed by atoms with E-state index in [0.29, 0.717) is 18.4 Å². The highest BCUT2D eigenvalue weighted by atomic mass is 35.5. The van der Waals surface area contributed by atoms with Crippen LogP contribution in [0.15, 0.2) is 4.52 Å². The van der Waals surface area contributed by atoms with Crippen LogP contribution in [0.5, 0.6) is 0 Å². The van der Waals surface area contributed by atoms with E-state index in [9.17, 15) is 4.79 Å². The lowest BCUT2D eigenvalue weighted by molar-refractivity contribution is -0.127. The molecule has 0 N–H and O–H groups in total. The number of rotatable bonds is 3. The Morgan fingerprint density at radius 3 is 2.94 bits per heavy atom. The molecular weight excluding hydrogens is 242 g/mol. The summed E-state index contributed by atoms with van der Waals surface area (Å²) in [6.07, 6.45) is 3.22. The normalized spacial score (nSPS) is 24.3. The number of carbonyl (C=O) groups excluding carboxylic acids is 1. The Hall–Kier alpha value is -1.10. The van der Waals surface area contributed by atoms with Crippen molar-refractivity contribution >= 4 is 17.5 Å². The van der Waals surface area contributed by atoms with Crippen molar-refractivity contribution in [1.29, 1.82) is 0 Å². The Bertz CT molecular complexity index is 430. The van der Waals surface area contributed by atoms with E-state index in [1.54, 1.807) is 4.90 Å². The van der Waals surface area contributed by atoms with Gasteiger partial charge in [0.2, 0.25) is 11.8 Å². The molecule has 1 aromatic heterocycles. The molecule has 2 fully saturated rings. The molecule has 1 saturated heterocycles. The number of amides is 1. The lowest BCUT2D eigenvalue weighted by atomic mass is 10.1. The molecule has 17 heavy (non-hydrogen) atoms. The zero-order chi connectivity index (χ0) is 11.8. The number of likely N-dealkylation sites (tertiary alicyclic amines) is 1. The predicted octanol–water partition coefficient (Wildman–Crippen LogP) is 1.50. The van der Waals surface area contributed by atoms with Crippen molar-refractivity contribution in [3.8, 4) is 0 Å². The molecule has 0 bridgehead atoms. The molecule has 92 valence electrons. The SMILES string of the molecule is O=C(CCl)N1CCC(c2nc(C3CC3)no2)C1. The Morgan fingerprint density at radius 2 is 2.24 bits per heavy atom. The summed E-state index contributed by atoms with van der Waals surface area (Å²) >= 11 is 5.54. The van der Waals surface area contributed by atoms with E-state index < -0.39 is 0 Å². The Morgan fingerprint density at radius 1 is 1.41 bits per heavy atom. The molecule has 0 radical (unpaired) electrons. The number of hydrogen-bond acceptors (Lipinski definition) is 4. The molecule has 1 saturated carbocycles. The first-order valence-electron chi connectivity index (χ1n) is 5.95. The Balaban J connectivity index is 1.66. The van der Waals surface area contributed by atoms with Gasteiger partial charge in [0.05, 0.1) is 5.92 Å². The summed E-state index contributed by atoms with van der Waals surface area (Å²) in [5, 5.41) is 4.00. The van der Waals surface area contributed by atoms with Gasteiger partial charge in [0.25, 0.3) is 0 Å². The molecule has 1 amide bonds. The Kier molecular flexibility index (Phi) is 2.78. The van der Waals surface area contributed by atoms with Crippen molar-refractivity contribution < 1.29 is 9.32 Å². The molecule has 2 heterocycles. The van der Waals surface area contributed by atoms with Crippen molar-refractivity contribution in [2.45, 2.75) is 31.1 Å². The number of nitrogens with zero attached hydrogens (tertiary/aromatic N) is 3. The molecule has 1 aliphatic heterocycles. The molecule has 0 spiro atoms. The topological polar surface area (TPSA) is 59.2 Å². The van der Waals surface area contributed by atoms with Gasteiger partial charge < -0.3 is 9.42 Å². The molecule has 5 nitrogen and oxygen atoms in total. The van der Waals surface area contributed by atoms with Crippen molar-refractivity contribution in [3.05, 3.63) is 11.7 Å². The second kappa shape index (κ2) is 4.29. The highest BCUT2D eigenvalue weighted by Crippen LogP contribution is 2.39. The van der Waals surface area contributed by atoms with Crippen LogP contribution in [-0.2, 0) is 4.79 Å². The smallest absolute Gasteiger partial charge is 0.237 e. The van der Waals surface area contributed by atoms with Gasteiger partial charge in [-0.15, -0.1) is 11.6 Å². The van der Waals surface area contributed by atoms with Crippen molar-refractivity contribution in [2.24, 2.45) is 0 Å². The summed E-state index contributed by atoms with van der Waals surface area (Å²) in [6, 6.07) is 0. The quantitative estimate of drug-likeness (QED) is 0.768. The predicted molar refractivity (Wildman–Crippen MR) is 60.9 cm³/mol. The van der Waals surface area contributed by atoms with Crippen molar-refractivity contribution in [1.82, 2.24) is 15.0 Å².